The Morgan fingerprint density at radius 3 is 2.07 bits per heavy atom. The largest absolute Gasteiger partial charge is 0.354 e. The summed E-state index contributed by atoms with van der Waals surface area (Å²) in [5.41, 5.74) is 1.37. The van der Waals surface area contributed by atoms with Gasteiger partial charge >= 0.3 is 0 Å². The van der Waals surface area contributed by atoms with E-state index >= 15 is 0 Å². The van der Waals surface area contributed by atoms with Crippen molar-refractivity contribution in [3.63, 3.8) is 0 Å². The lowest BCUT2D eigenvalue weighted by molar-refractivity contribution is -0.140. The Bertz CT molecular complexity index is 1450. The Balaban J connectivity index is 2.08. The number of rotatable bonds is 12. The number of halogens is 3. The van der Waals surface area contributed by atoms with E-state index in [4.69, 9.17) is 23.2 Å². The molecule has 220 valence electrons. The maximum absolute atomic E-state index is 14.1. The number of anilines is 1. The average Bonchev–Trinajstić information content (AvgIpc) is 2.92. The zero-order chi connectivity index (χ0) is 30.3. The van der Waals surface area contributed by atoms with Crippen LogP contribution in [-0.2, 0) is 26.2 Å². The van der Waals surface area contributed by atoms with E-state index < -0.39 is 34.3 Å². The molecule has 3 aromatic carbocycles. The van der Waals surface area contributed by atoms with Gasteiger partial charge in [0.15, 0.2) is 0 Å². The molecular weight excluding hydrogens is 588 g/mol. The van der Waals surface area contributed by atoms with Crippen molar-refractivity contribution in [3.05, 3.63) is 93.7 Å². The highest BCUT2D eigenvalue weighted by Gasteiger charge is 2.34. The van der Waals surface area contributed by atoms with Gasteiger partial charge in [-0.2, -0.15) is 0 Å². The molecule has 0 aliphatic rings. The fourth-order valence-electron chi connectivity index (χ4n) is 4.17. The minimum atomic E-state index is -4.26. The Morgan fingerprint density at radius 1 is 0.951 bits per heavy atom. The molecule has 11 heteroatoms. The van der Waals surface area contributed by atoms with Crippen molar-refractivity contribution in [2.45, 2.75) is 51.6 Å². The Labute approximate surface area is 251 Å². The lowest BCUT2D eigenvalue weighted by Gasteiger charge is -2.33. The van der Waals surface area contributed by atoms with E-state index in [1.165, 1.54) is 29.2 Å². The second kappa shape index (κ2) is 14.2. The van der Waals surface area contributed by atoms with Crippen molar-refractivity contribution >= 4 is 50.7 Å². The summed E-state index contributed by atoms with van der Waals surface area (Å²) in [4.78, 5) is 28.6. The van der Waals surface area contributed by atoms with Gasteiger partial charge in [0.05, 0.1) is 10.6 Å². The van der Waals surface area contributed by atoms with Gasteiger partial charge in [0.25, 0.3) is 10.0 Å². The van der Waals surface area contributed by atoms with Gasteiger partial charge in [-0.3, -0.25) is 13.9 Å². The molecule has 2 amide bonds. The van der Waals surface area contributed by atoms with Gasteiger partial charge in [-0.15, -0.1) is 0 Å². The molecule has 41 heavy (non-hydrogen) atoms. The molecule has 0 aromatic heterocycles. The molecule has 0 heterocycles. The number of nitrogens with one attached hydrogen (secondary N) is 1. The maximum atomic E-state index is 14.1. The van der Waals surface area contributed by atoms with Crippen LogP contribution in [0, 0.1) is 18.7 Å². The lowest BCUT2D eigenvalue weighted by Crippen LogP contribution is -2.52. The summed E-state index contributed by atoms with van der Waals surface area (Å²) >= 11 is 12.9. The predicted octanol–water partition coefficient (Wildman–Crippen LogP) is 6.22. The monoisotopic (exact) mass is 621 g/mol. The Kier molecular flexibility index (Phi) is 11.2. The first-order valence-electron chi connectivity index (χ1n) is 13.2. The molecule has 0 spiro atoms. The number of amides is 2. The summed E-state index contributed by atoms with van der Waals surface area (Å²) in [6.07, 6.45) is 0.249. The van der Waals surface area contributed by atoms with Crippen LogP contribution in [-0.4, -0.2) is 44.3 Å². The standard InChI is InChI=1S/C30H34Cl2FN3O4S/c1-5-28(30(38)34-17-20(2)3)35(18-25-26(31)7-6-8-27(25)32)29(37)19-36(23-13-11-22(33)12-14-23)41(39,40)24-15-9-21(4)10-16-24/h6-16,20,28H,5,17-19H2,1-4H3,(H,34,38). The normalized spacial score (nSPS) is 12.2. The minimum absolute atomic E-state index is 0.0392. The van der Waals surface area contributed by atoms with Crippen molar-refractivity contribution in [1.29, 1.82) is 0 Å². The summed E-state index contributed by atoms with van der Waals surface area (Å²) in [6, 6.07) is 15.0. The van der Waals surface area contributed by atoms with E-state index in [0.717, 1.165) is 22.0 Å². The van der Waals surface area contributed by atoms with Gasteiger partial charge in [-0.05, 0) is 67.8 Å². The molecule has 0 aliphatic carbocycles. The van der Waals surface area contributed by atoms with Crippen LogP contribution in [0.2, 0.25) is 10.0 Å². The van der Waals surface area contributed by atoms with Crippen LogP contribution in [0.25, 0.3) is 0 Å². The highest BCUT2D eigenvalue weighted by molar-refractivity contribution is 7.92. The van der Waals surface area contributed by atoms with Crippen LogP contribution in [0.3, 0.4) is 0 Å². The van der Waals surface area contributed by atoms with E-state index in [9.17, 15) is 22.4 Å². The van der Waals surface area contributed by atoms with Crippen LogP contribution in [0.1, 0.15) is 38.3 Å². The maximum Gasteiger partial charge on any atom is 0.264 e. The SMILES string of the molecule is CCC(C(=O)NCC(C)C)N(Cc1c(Cl)cccc1Cl)C(=O)CN(c1ccc(F)cc1)S(=O)(=O)c1ccc(C)cc1. The first kappa shape index (κ1) is 32.4. The summed E-state index contributed by atoms with van der Waals surface area (Å²) in [5, 5.41) is 3.47. The molecule has 3 rings (SSSR count). The summed E-state index contributed by atoms with van der Waals surface area (Å²) in [6.45, 7) is 7.09. The van der Waals surface area contributed by atoms with Crippen LogP contribution in [0.4, 0.5) is 10.1 Å². The number of carbonyl (C=O) groups excluding carboxylic acids is 2. The minimum Gasteiger partial charge on any atom is -0.354 e. The van der Waals surface area contributed by atoms with Crippen LogP contribution >= 0.6 is 23.2 Å². The van der Waals surface area contributed by atoms with E-state index in [0.29, 0.717) is 22.2 Å². The van der Waals surface area contributed by atoms with Crippen molar-refractivity contribution in [1.82, 2.24) is 10.2 Å². The van der Waals surface area contributed by atoms with Crippen LogP contribution < -0.4 is 9.62 Å². The first-order chi connectivity index (χ1) is 19.3. The van der Waals surface area contributed by atoms with Gasteiger partial charge < -0.3 is 10.2 Å². The molecular formula is C30H34Cl2FN3O4S. The smallest absolute Gasteiger partial charge is 0.264 e. The highest BCUT2D eigenvalue weighted by atomic mass is 35.5. The van der Waals surface area contributed by atoms with E-state index in [-0.39, 0.29) is 35.4 Å². The van der Waals surface area contributed by atoms with Gasteiger partial charge in [0, 0.05) is 28.7 Å². The molecule has 0 aliphatic heterocycles. The third-order valence-corrected chi connectivity index (χ3v) is 8.96. The average molecular weight is 623 g/mol. The molecule has 1 N–H and O–H groups in total. The summed E-state index contributed by atoms with van der Waals surface area (Å²) < 4.78 is 42.4. The molecule has 0 fully saturated rings. The Hall–Kier alpha value is -3.14. The van der Waals surface area contributed by atoms with Gasteiger partial charge in [0.2, 0.25) is 11.8 Å². The molecule has 0 radical (unpaired) electrons. The summed E-state index contributed by atoms with van der Waals surface area (Å²) in [5.74, 6) is -1.43. The number of aryl methyl sites for hydroxylation is 1. The number of hydrogen-bond acceptors (Lipinski definition) is 4. The van der Waals surface area contributed by atoms with Crippen molar-refractivity contribution in [2.24, 2.45) is 5.92 Å². The zero-order valence-electron chi connectivity index (χ0n) is 23.4. The molecule has 1 unspecified atom stereocenters. The second-order valence-corrected chi connectivity index (χ2v) is 12.8. The van der Waals surface area contributed by atoms with Crippen molar-refractivity contribution < 1.29 is 22.4 Å². The van der Waals surface area contributed by atoms with E-state index in [2.05, 4.69) is 5.32 Å². The molecule has 0 saturated heterocycles. The van der Waals surface area contributed by atoms with Crippen molar-refractivity contribution in [2.75, 3.05) is 17.4 Å². The second-order valence-electron chi connectivity index (χ2n) is 10.1. The van der Waals surface area contributed by atoms with Gasteiger partial charge in [-0.1, -0.05) is 67.7 Å². The fraction of sp³-hybridized carbons (Fsp3) is 0.333. The van der Waals surface area contributed by atoms with Gasteiger partial charge in [-0.25, -0.2) is 12.8 Å². The molecule has 1 atom stereocenters. The quantitative estimate of drug-likeness (QED) is 0.260. The predicted molar refractivity (Wildman–Crippen MR) is 161 cm³/mol. The highest BCUT2D eigenvalue weighted by Crippen LogP contribution is 2.29. The van der Waals surface area contributed by atoms with Crippen LogP contribution in [0.15, 0.2) is 71.6 Å². The van der Waals surface area contributed by atoms with Crippen molar-refractivity contribution in [3.8, 4) is 0 Å². The Morgan fingerprint density at radius 2 is 1.54 bits per heavy atom. The third kappa shape index (κ3) is 8.21. The zero-order valence-corrected chi connectivity index (χ0v) is 25.7. The number of sulfonamides is 1. The third-order valence-electron chi connectivity index (χ3n) is 6.46. The van der Waals surface area contributed by atoms with Crippen LogP contribution in [0.5, 0.6) is 0 Å². The topological polar surface area (TPSA) is 86.8 Å². The van der Waals surface area contributed by atoms with E-state index in [1.807, 2.05) is 20.8 Å². The molecule has 0 bridgehead atoms. The number of hydrogen-bond donors (Lipinski definition) is 1. The summed E-state index contributed by atoms with van der Waals surface area (Å²) in [7, 11) is -4.26. The molecule has 7 nitrogen and oxygen atoms in total. The first-order valence-corrected chi connectivity index (χ1v) is 15.4. The number of carbonyl (C=O) groups is 2. The van der Waals surface area contributed by atoms with Gasteiger partial charge in [0.1, 0.15) is 18.4 Å². The number of nitrogens with zero attached hydrogens (tertiary/aromatic N) is 2. The molecule has 3 aromatic rings. The van der Waals surface area contributed by atoms with E-state index in [1.54, 1.807) is 37.3 Å². The fourth-order valence-corrected chi connectivity index (χ4v) is 6.10. The molecule has 0 saturated carbocycles. The number of benzene rings is 3. The lowest BCUT2D eigenvalue weighted by atomic mass is 10.1.